The Kier molecular flexibility index (Phi) is 2.02. The molecule has 0 spiro atoms. The molecule has 1 unspecified atom stereocenters. The van der Waals surface area contributed by atoms with Crippen molar-refractivity contribution in [3.05, 3.63) is 12.4 Å². The minimum atomic E-state index is 0. The summed E-state index contributed by atoms with van der Waals surface area (Å²) in [4.78, 5) is 7.79. The molecule has 2 rings (SSSR count). The van der Waals surface area contributed by atoms with Crippen molar-refractivity contribution in [2.45, 2.75) is 0 Å². The number of halogens is 1. The van der Waals surface area contributed by atoms with Crippen molar-refractivity contribution in [3.8, 4) is 0 Å². The average molecular weight is 172 g/mol. The molecular formula is C5H6ClN5. The zero-order chi connectivity index (χ0) is 6.97. The highest BCUT2D eigenvalue weighted by atomic mass is 35.5. The van der Waals surface area contributed by atoms with E-state index in [1.807, 2.05) is 0 Å². The van der Waals surface area contributed by atoms with Crippen LogP contribution in [0, 0.1) is 0 Å². The predicted octanol–water partition coefficient (Wildman–Crippen LogP) is -4.93. The van der Waals surface area contributed by atoms with Gasteiger partial charge in [0.05, 0.1) is 6.20 Å². The molecule has 5 nitrogen and oxygen atoms in total. The fourth-order valence-corrected chi connectivity index (χ4v) is 0.831. The maximum Gasteiger partial charge on any atom is 0.279 e. The summed E-state index contributed by atoms with van der Waals surface area (Å²) < 4.78 is 0. The Morgan fingerprint density at radius 2 is 2.27 bits per heavy atom. The Labute approximate surface area is 69.4 Å². The molecule has 0 saturated carbocycles. The first kappa shape index (κ1) is 7.90. The average Bonchev–Trinajstić information content (AvgIpc) is 2.27. The van der Waals surface area contributed by atoms with Crippen molar-refractivity contribution < 1.29 is 17.4 Å². The summed E-state index contributed by atoms with van der Waals surface area (Å²) in [5.74, 6) is 1.06. The summed E-state index contributed by atoms with van der Waals surface area (Å²) >= 11 is 0. The van der Waals surface area contributed by atoms with Gasteiger partial charge in [-0.2, -0.15) is 4.99 Å². The molecule has 1 atom stereocenters. The second-order valence-corrected chi connectivity index (χ2v) is 1.95. The van der Waals surface area contributed by atoms with Gasteiger partial charge in [-0.15, -0.1) is 5.01 Å². The van der Waals surface area contributed by atoms with Crippen LogP contribution in [0.5, 0.6) is 0 Å². The largest absolute Gasteiger partial charge is 1.00 e. The van der Waals surface area contributed by atoms with Crippen LogP contribution in [0.3, 0.4) is 0 Å². The van der Waals surface area contributed by atoms with E-state index in [1.54, 1.807) is 18.6 Å². The number of nitrogens with zero attached hydrogens (tertiary/aromatic N) is 3. The molecule has 0 fully saturated rings. The zero-order valence-electron chi connectivity index (χ0n) is 5.53. The zero-order valence-corrected chi connectivity index (χ0v) is 6.28. The fraction of sp³-hybridized carbons (Fsp3) is 0. The summed E-state index contributed by atoms with van der Waals surface area (Å²) in [5.41, 5.74) is 5.34. The van der Waals surface area contributed by atoms with E-state index in [-0.39, 0.29) is 12.4 Å². The number of quaternary nitrogens is 1. The SMILES string of the molecule is NC1=N[NH+]2C=CN=CC2=N1.[Cl-]. The minimum absolute atomic E-state index is 0. The second kappa shape index (κ2) is 2.81. The van der Waals surface area contributed by atoms with E-state index in [2.05, 4.69) is 15.1 Å². The third-order valence-electron chi connectivity index (χ3n) is 1.25. The number of amidine groups is 1. The lowest BCUT2D eigenvalue weighted by molar-refractivity contribution is -0.748. The fourth-order valence-electron chi connectivity index (χ4n) is 0.831. The first-order valence-electron chi connectivity index (χ1n) is 2.86. The van der Waals surface area contributed by atoms with Crippen LogP contribution in [0.4, 0.5) is 0 Å². The Hall–Kier alpha value is -1.20. The number of aliphatic imine (C=N–C) groups is 2. The van der Waals surface area contributed by atoms with Crippen LogP contribution in [0.15, 0.2) is 27.5 Å². The van der Waals surface area contributed by atoms with Crippen LogP contribution in [0.1, 0.15) is 0 Å². The van der Waals surface area contributed by atoms with E-state index < -0.39 is 0 Å². The molecule has 0 aromatic rings. The van der Waals surface area contributed by atoms with Gasteiger partial charge in [0.1, 0.15) is 12.4 Å². The van der Waals surface area contributed by atoms with Crippen molar-refractivity contribution in [1.82, 2.24) is 0 Å². The van der Waals surface area contributed by atoms with Crippen molar-refractivity contribution in [1.29, 1.82) is 0 Å². The quantitative estimate of drug-likeness (QED) is 0.377. The molecule has 0 bridgehead atoms. The number of rotatable bonds is 0. The van der Waals surface area contributed by atoms with Gasteiger partial charge < -0.3 is 18.1 Å². The Bertz CT molecular complexity index is 277. The highest BCUT2D eigenvalue weighted by molar-refractivity contribution is 6.28. The predicted molar refractivity (Wildman–Crippen MR) is 37.7 cm³/mol. The highest BCUT2D eigenvalue weighted by Crippen LogP contribution is 1.83. The molecule has 0 radical (unpaired) electrons. The lowest BCUT2D eigenvalue weighted by atomic mass is 10.5. The molecule has 2 aliphatic heterocycles. The van der Waals surface area contributed by atoms with Crippen LogP contribution in [-0.4, -0.2) is 18.0 Å². The lowest BCUT2D eigenvalue weighted by Crippen LogP contribution is -3.05. The molecule has 0 saturated heterocycles. The monoisotopic (exact) mass is 171 g/mol. The topological polar surface area (TPSA) is 67.5 Å². The van der Waals surface area contributed by atoms with E-state index in [0.717, 1.165) is 10.8 Å². The molecular weight excluding hydrogens is 166 g/mol. The maximum atomic E-state index is 5.34. The van der Waals surface area contributed by atoms with Crippen LogP contribution in [0.25, 0.3) is 0 Å². The van der Waals surface area contributed by atoms with Gasteiger partial charge in [-0.25, -0.2) is 0 Å². The molecule has 0 aromatic carbocycles. The van der Waals surface area contributed by atoms with Crippen molar-refractivity contribution in [3.63, 3.8) is 0 Å². The van der Waals surface area contributed by atoms with Crippen LogP contribution < -0.4 is 23.1 Å². The van der Waals surface area contributed by atoms with Gasteiger partial charge in [0.25, 0.3) is 11.8 Å². The molecule has 6 heteroatoms. The van der Waals surface area contributed by atoms with E-state index in [1.165, 1.54) is 0 Å². The molecule has 0 aliphatic carbocycles. The molecule has 2 aliphatic rings. The Morgan fingerprint density at radius 3 is 3.00 bits per heavy atom. The van der Waals surface area contributed by atoms with Crippen LogP contribution in [-0.2, 0) is 0 Å². The lowest BCUT2D eigenvalue weighted by Gasteiger charge is -2.00. The van der Waals surface area contributed by atoms with Crippen LogP contribution >= 0.6 is 0 Å². The van der Waals surface area contributed by atoms with Gasteiger partial charge in [-0.1, -0.05) is 0 Å². The first-order chi connectivity index (χ1) is 4.86. The number of hydrogen-bond acceptors (Lipinski definition) is 4. The summed E-state index contributed by atoms with van der Waals surface area (Å²) in [6.45, 7) is 0. The number of hydrogen-bond donors (Lipinski definition) is 2. The van der Waals surface area contributed by atoms with Crippen molar-refractivity contribution >= 4 is 18.0 Å². The summed E-state index contributed by atoms with van der Waals surface area (Å²) in [7, 11) is 0. The van der Waals surface area contributed by atoms with Gasteiger partial charge in [-0.3, -0.25) is 4.99 Å². The Balaban J connectivity index is 0.000000605. The van der Waals surface area contributed by atoms with Gasteiger partial charge in [0.15, 0.2) is 0 Å². The maximum absolute atomic E-state index is 5.34. The standard InChI is InChI=1S/C5H5N5.ClH/c6-5-8-4-3-7-1-2-10(4)9-5;/h1-3H,(H2,6,9);1H. The third-order valence-corrected chi connectivity index (χ3v) is 1.25. The number of guanidine groups is 1. The minimum Gasteiger partial charge on any atom is -1.00 e. The van der Waals surface area contributed by atoms with Gasteiger partial charge in [0.2, 0.25) is 0 Å². The molecule has 0 aromatic heterocycles. The molecule has 0 amide bonds. The molecule has 2 heterocycles. The molecule has 58 valence electrons. The number of nitrogens with two attached hydrogens (primary N) is 1. The van der Waals surface area contributed by atoms with Crippen molar-refractivity contribution in [2.75, 3.05) is 0 Å². The van der Waals surface area contributed by atoms with Crippen LogP contribution in [0.2, 0.25) is 0 Å². The highest BCUT2D eigenvalue weighted by Gasteiger charge is 2.21. The Morgan fingerprint density at radius 1 is 1.45 bits per heavy atom. The summed E-state index contributed by atoms with van der Waals surface area (Å²) in [5, 5.41) is 4.74. The van der Waals surface area contributed by atoms with E-state index >= 15 is 0 Å². The van der Waals surface area contributed by atoms with Crippen molar-refractivity contribution in [2.24, 2.45) is 20.8 Å². The molecule has 11 heavy (non-hydrogen) atoms. The van der Waals surface area contributed by atoms with Gasteiger partial charge in [0, 0.05) is 0 Å². The van der Waals surface area contributed by atoms with E-state index in [4.69, 9.17) is 5.73 Å². The summed E-state index contributed by atoms with van der Waals surface area (Å²) in [6, 6.07) is 0. The molecule has 3 N–H and O–H groups in total. The number of nitrogens with one attached hydrogen (secondary N) is 1. The normalized spacial score (nSPS) is 25.3. The van der Waals surface area contributed by atoms with Gasteiger partial charge >= 0.3 is 0 Å². The smallest absolute Gasteiger partial charge is 0.279 e. The third kappa shape index (κ3) is 1.28. The first-order valence-corrected chi connectivity index (χ1v) is 2.86. The second-order valence-electron chi connectivity index (χ2n) is 1.95. The summed E-state index contributed by atoms with van der Waals surface area (Å²) in [6.07, 6.45) is 5.08. The van der Waals surface area contributed by atoms with E-state index in [9.17, 15) is 0 Å². The van der Waals surface area contributed by atoms with Gasteiger partial charge in [-0.05, 0) is 5.10 Å². The van der Waals surface area contributed by atoms with E-state index in [0.29, 0.717) is 5.96 Å². The number of fused-ring (bicyclic) bond motifs is 1.